The summed E-state index contributed by atoms with van der Waals surface area (Å²) in [5.74, 6) is 0.796. The van der Waals surface area contributed by atoms with Gasteiger partial charge in [0.05, 0.1) is 0 Å². The van der Waals surface area contributed by atoms with Crippen molar-refractivity contribution >= 4 is 5.91 Å². The maximum Gasteiger partial charge on any atom is 0.247 e. The van der Waals surface area contributed by atoms with Gasteiger partial charge in [0.25, 0.3) is 0 Å². The Morgan fingerprint density at radius 1 is 1.10 bits per heavy atom. The van der Waals surface area contributed by atoms with Crippen LogP contribution in [0, 0.1) is 0 Å². The fourth-order valence-corrected chi connectivity index (χ4v) is 3.27. The van der Waals surface area contributed by atoms with Gasteiger partial charge in [0.2, 0.25) is 5.91 Å². The van der Waals surface area contributed by atoms with E-state index < -0.39 is 0 Å². The summed E-state index contributed by atoms with van der Waals surface area (Å²) < 4.78 is 0. The third kappa shape index (κ3) is 3.35. The Kier molecular flexibility index (Phi) is 4.39. The minimum Gasteiger partial charge on any atom is -0.350 e. The van der Waals surface area contributed by atoms with E-state index in [4.69, 9.17) is 0 Å². The molecular weight excluding hydrogens is 260 g/mol. The lowest BCUT2D eigenvalue weighted by atomic mass is 9.81. The Morgan fingerprint density at radius 3 is 2.33 bits per heavy atom. The predicted molar refractivity (Wildman–Crippen MR) is 85.2 cm³/mol. The van der Waals surface area contributed by atoms with Gasteiger partial charge in [-0.15, -0.1) is 0 Å². The third-order valence-electron chi connectivity index (χ3n) is 4.88. The molecule has 1 saturated carbocycles. The first kappa shape index (κ1) is 14.3. The summed E-state index contributed by atoms with van der Waals surface area (Å²) in [5.41, 5.74) is 3.62. The van der Waals surface area contributed by atoms with Crippen LogP contribution in [0.3, 0.4) is 0 Å². The highest BCUT2D eigenvalue weighted by Crippen LogP contribution is 2.32. The molecule has 112 valence electrons. The van der Waals surface area contributed by atoms with E-state index in [9.17, 15) is 4.79 Å². The number of nitrogens with one attached hydrogen (secondary N) is 2. The summed E-state index contributed by atoms with van der Waals surface area (Å²) >= 11 is 0. The molecule has 2 aliphatic rings. The molecule has 1 aromatic rings. The van der Waals surface area contributed by atoms with Crippen LogP contribution in [0.2, 0.25) is 0 Å². The molecule has 2 fully saturated rings. The van der Waals surface area contributed by atoms with Crippen molar-refractivity contribution in [2.24, 2.45) is 0 Å². The normalized spacial score (nSPS) is 25.1. The molecule has 1 aliphatic carbocycles. The van der Waals surface area contributed by atoms with E-state index >= 15 is 0 Å². The van der Waals surface area contributed by atoms with Crippen LogP contribution in [0.1, 0.15) is 44.1 Å². The average Bonchev–Trinajstić information content (AvgIpc) is 2.47. The van der Waals surface area contributed by atoms with Gasteiger partial charge in [-0.2, -0.15) is 0 Å². The van der Waals surface area contributed by atoms with Crippen LogP contribution in [-0.4, -0.2) is 25.0 Å². The van der Waals surface area contributed by atoms with E-state index in [-0.39, 0.29) is 5.91 Å². The lowest BCUT2D eigenvalue weighted by Crippen LogP contribution is -2.41. The second-order valence-corrected chi connectivity index (χ2v) is 6.26. The topological polar surface area (TPSA) is 41.1 Å². The zero-order valence-corrected chi connectivity index (χ0v) is 12.7. The Balaban J connectivity index is 1.51. The zero-order chi connectivity index (χ0) is 14.7. The molecule has 0 radical (unpaired) electrons. The molecule has 3 rings (SSSR count). The van der Waals surface area contributed by atoms with Crippen molar-refractivity contribution in [3.05, 3.63) is 47.0 Å². The van der Waals surface area contributed by atoms with Gasteiger partial charge < -0.3 is 10.6 Å². The first-order valence-electron chi connectivity index (χ1n) is 7.99. The minimum atomic E-state index is 0.134. The van der Waals surface area contributed by atoms with Crippen LogP contribution in [0.15, 0.2) is 41.5 Å². The van der Waals surface area contributed by atoms with Gasteiger partial charge in [-0.05, 0) is 49.7 Å². The van der Waals surface area contributed by atoms with Crippen LogP contribution in [0.25, 0.3) is 0 Å². The smallest absolute Gasteiger partial charge is 0.247 e. The van der Waals surface area contributed by atoms with Crippen molar-refractivity contribution in [1.82, 2.24) is 10.6 Å². The number of hydrogen-bond acceptors (Lipinski definition) is 2. The molecule has 1 amide bonds. The third-order valence-corrected chi connectivity index (χ3v) is 4.88. The fraction of sp³-hybridized carbons (Fsp3) is 0.500. The van der Waals surface area contributed by atoms with Gasteiger partial charge in [-0.1, -0.05) is 30.3 Å². The second kappa shape index (κ2) is 6.44. The van der Waals surface area contributed by atoms with E-state index in [1.807, 2.05) is 6.92 Å². The molecule has 1 aliphatic heterocycles. The molecule has 3 heteroatoms. The predicted octanol–water partition coefficient (Wildman–Crippen LogP) is 2.75. The van der Waals surface area contributed by atoms with Gasteiger partial charge in [0.1, 0.15) is 0 Å². The summed E-state index contributed by atoms with van der Waals surface area (Å²) in [6.45, 7) is 3.70. The van der Waals surface area contributed by atoms with Gasteiger partial charge in [0.15, 0.2) is 0 Å². The summed E-state index contributed by atoms with van der Waals surface area (Å²) in [7, 11) is 0. The number of amides is 1. The van der Waals surface area contributed by atoms with Crippen molar-refractivity contribution in [3.8, 4) is 0 Å². The largest absolute Gasteiger partial charge is 0.350 e. The molecule has 0 bridgehead atoms. The highest BCUT2D eigenvalue weighted by atomic mass is 16.1. The molecule has 0 aromatic heterocycles. The Hall–Kier alpha value is -1.61. The van der Waals surface area contributed by atoms with Gasteiger partial charge in [-0.3, -0.25) is 4.79 Å². The Bertz CT molecular complexity index is 521. The first-order chi connectivity index (χ1) is 10.2. The molecule has 1 heterocycles. The quantitative estimate of drug-likeness (QED) is 0.838. The molecule has 0 unspecified atom stereocenters. The first-order valence-corrected chi connectivity index (χ1v) is 7.99. The monoisotopic (exact) mass is 284 g/mol. The van der Waals surface area contributed by atoms with Gasteiger partial charge in [0, 0.05) is 24.7 Å². The van der Waals surface area contributed by atoms with E-state index in [0.29, 0.717) is 12.0 Å². The van der Waals surface area contributed by atoms with Crippen LogP contribution in [-0.2, 0) is 4.79 Å². The van der Waals surface area contributed by atoms with Crippen LogP contribution in [0.4, 0.5) is 0 Å². The van der Waals surface area contributed by atoms with E-state index in [1.165, 1.54) is 24.0 Å². The van der Waals surface area contributed by atoms with Crippen molar-refractivity contribution in [2.45, 2.75) is 44.6 Å². The minimum absolute atomic E-state index is 0.134. The molecule has 0 spiro atoms. The van der Waals surface area contributed by atoms with E-state index in [2.05, 4.69) is 41.0 Å². The SMILES string of the molecule is CC(C(=O)NC1CCC(c2ccccc2)CC1)=C1CNC1. The van der Waals surface area contributed by atoms with E-state index in [1.54, 1.807) is 0 Å². The van der Waals surface area contributed by atoms with Crippen molar-refractivity contribution in [3.63, 3.8) is 0 Å². The van der Waals surface area contributed by atoms with Gasteiger partial charge >= 0.3 is 0 Å². The second-order valence-electron chi connectivity index (χ2n) is 6.26. The lowest BCUT2D eigenvalue weighted by molar-refractivity contribution is -0.118. The van der Waals surface area contributed by atoms with Gasteiger partial charge in [-0.25, -0.2) is 0 Å². The van der Waals surface area contributed by atoms with E-state index in [0.717, 1.165) is 31.5 Å². The standard InChI is InChI=1S/C18H24N2O/c1-13(16-11-19-12-16)18(21)20-17-9-7-15(8-10-17)14-5-3-2-4-6-14/h2-6,15,17,19H,7-12H2,1H3,(H,20,21). The van der Waals surface area contributed by atoms with Crippen LogP contribution >= 0.6 is 0 Å². The number of carbonyl (C=O) groups is 1. The summed E-state index contributed by atoms with van der Waals surface area (Å²) in [5, 5.41) is 6.40. The number of hydrogen-bond donors (Lipinski definition) is 2. The number of rotatable bonds is 3. The van der Waals surface area contributed by atoms with Crippen LogP contribution in [0.5, 0.6) is 0 Å². The summed E-state index contributed by atoms with van der Waals surface area (Å²) in [6.07, 6.45) is 4.52. The number of benzene rings is 1. The molecule has 21 heavy (non-hydrogen) atoms. The molecule has 2 N–H and O–H groups in total. The number of carbonyl (C=O) groups excluding carboxylic acids is 1. The highest BCUT2D eigenvalue weighted by Gasteiger charge is 2.24. The fourth-order valence-electron chi connectivity index (χ4n) is 3.27. The maximum atomic E-state index is 12.2. The van der Waals surface area contributed by atoms with Crippen molar-refractivity contribution in [1.29, 1.82) is 0 Å². The van der Waals surface area contributed by atoms with Crippen molar-refractivity contribution in [2.75, 3.05) is 13.1 Å². The van der Waals surface area contributed by atoms with Crippen LogP contribution < -0.4 is 10.6 Å². The molecule has 0 atom stereocenters. The van der Waals surface area contributed by atoms with Crippen molar-refractivity contribution < 1.29 is 4.79 Å². The highest BCUT2D eigenvalue weighted by molar-refractivity contribution is 5.94. The Labute approximate surface area is 126 Å². The summed E-state index contributed by atoms with van der Waals surface area (Å²) in [4.78, 5) is 12.2. The summed E-state index contributed by atoms with van der Waals surface area (Å²) in [6, 6.07) is 11.1. The Morgan fingerprint density at radius 2 is 1.76 bits per heavy atom. The molecule has 3 nitrogen and oxygen atoms in total. The zero-order valence-electron chi connectivity index (χ0n) is 12.7. The maximum absolute atomic E-state index is 12.2. The molecule has 1 saturated heterocycles. The molecular formula is C18H24N2O. The lowest BCUT2D eigenvalue weighted by Gasteiger charge is -2.30. The molecule has 1 aromatic carbocycles. The average molecular weight is 284 g/mol.